The minimum Gasteiger partial charge on any atom is -0.461 e. The summed E-state index contributed by atoms with van der Waals surface area (Å²) in [7, 11) is 0. The lowest BCUT2D eigenvalue weighted by atomic mass is 10.1. The van der Waals surface area contributed by atoms with Crippen molar-refractivity contribution < 1.29 is 9.53 Å². The third-order valence-corrected chi connectivity index (χ3v) is 4.01. The van der Waals surface area contributed by atoms with Crippen molar-refractivity contribution in [3.63, 3.8) is 0 Å². The highest BCUT2D eigenvalue weighted by molar-refractivity contribution is 5.99. The molecule has 0 unspecified atom stereocenters. The number of H-pyrrole nitrogens is 1. The van der Waals surface area contributed by atoms with Gasteiger partial charge >= 0.3 is 5.97 Å². The summed E-state index contributed by atoms with van der Waals surface area (Å²) in [6, 6.07) is 21.6. The molecule has 0 saturated heterocycles. The highest BCUT2D eigenvalue weighted by Gasteiger charge is 2.19. The van der Waals surface area contributed by atoms with Crippen molar-refractivity contribution in [3.8, 4) is 16.9 Å². The van der Waals surface area contributed by atoms with Crippen molar-refractivity contribution in [1.29, 1.82) is 0 Å². The second kappa shape index (κ2) is 6.28. The smallest absolute Gasteiger partial charge is 0.354 e. The van der Waals surface area contributed by atoms with Crippen LogP contribution in [0.5, 0.6) is 0 Å². The SMILES string of the molecule is CCOC(=O)c1cc2c([nH]1)c(-c1ccccc1)nn2-c1ccccc1. The van der Waals surface area contributed by atoms with E-state index in [9.17, 15) is 4.79 Å². The quantitative estimate of drug-likeness (QED) is 0.570. The number of esters is 1. The number of nitrogens with zero attached hydrogens (tertiary/aromatic N) is 2. The van der Waals surface area contributed by atoms with E-state index >= 15 is 0 Å². The lowest BCUT2D eigenvalue weighted by Gasteiger charge is -2.02. The number of para-hydroxylation sites is 1. The number of carbonyl (C=O) groups excluding carboxylic acids is 1. The van der Waals surface area contributed by atoms with E-state index in [4.69, 9.17) is 9.84 Å². The second-order valence-corrected chi connectivity index (χ2v) is 5.63. The van der Waals surface area contributed by atoms with E-state index in [1.165, 1.54) is 0 Å². The molecule has 0 aliphatic rings. The Morgan fingerprint density at radius 3 is 2.44 bits per heavy atom. The van der Waals surface area contributed by atoms with E-state index in [1.807, 2.05) is 65.3 Å². The molecule has 2 aromatic heterocycles. The molecule has 4 rings (SSSR count). The maximum absolute atomic E-state index is 12.1. The van der Waals surface area contributed by atoms with Gasteiger partial charge in [-0.2, -0.15) is 5.10 Å². The number of ether oxygens (including phenoxy) is 1. The number of carbonyl (C=O) groups is 1. The van der Waals surface area contributed by atoms with Gasteiger partial charge in [-0.15, -0.1) is 0 Å². The van der Waals surface area contributed by atoms with Gasteiger partial charge in [-0.1, -0.05) is 48.5 Å². The first-order chi connectivity index (χ1) is 12.3. The van der Waals surface area contributed by atoms with Crippen LogP contribution < -0.4 is 0 Å². The van der Waals surface area contributed by atoms with Gasteiger partial charge in [-0.25, -0.2) is 9.48 Å². The van der Waals surface area contributed by atoms with Crippen LogP contribution in [0.1, 0.15) is 17.4 Å². The third-order valence-electron chi connectivity index (χ3n) is 4.01. The Balaban J connectivity index is 1.94. The van der Waals surface area contributed by atoms with Crippen molar-refractivity contribution >= 4 is 17.0 Å². The van der Waals surface area contributed by atoms with Gasteiger partial charge < -0.3 is 9.72 Å². The van der Waals surface area contributed by atoms with E-state index in [0.717, 1.165) is 28.0 Å². The standard InChI is InChI=1S/C20H17N3O2/c1-2-25-20(24)16-13-17-19(21-16)18(14-9-5-3-6-10-14)22-23(17)15-11-7-4-8-12-15/h3-13,21H,2H2,1H3. The van der Waals surface area contributed by atoms with Crippen LogP contribution in [0.2, 0.25) is 0 Å². The topological polar surface area (TPSA) is 59.9 Å². The first kappa shape index (κ1) is 15.2. The van der Waals surface area contributed by atoms with Crippen molar-refractivity contribution in [2.24, 2.45) is 0 Å². The Labute approximate surface area is 144 Å². The molecule has 0 atom stereocenters. The predicted octanol–water partition coefficient (Wildman–Crippen LogP) is 4.20. The summed E-state index contributed by atoms with van der Waals surface area (Å²) in [5.74, 6) is -0.364. The number of aromatic nitrogens is 3. The highest BCUT2D eigenvalue weighted by atomic mass is 16.5. The molecular weight excluding hydrogens is 314 g/mol. The van der Waals surface area contributed by atoms with Crippen molar-refractivity contribution in [1.82, 2.24) is 14.8 Å². The zero-order valence-corrected chi connectivity index (χ0v) is 13.8. The van der Waals surface area contributed by atoms with Crippen LogP contribution in [0.3, 0.4) is 0 Å². The fraction of sp³-hybridized carbons (Fsp3) is 0.100. The highest BCUT2D eigenvalue weighted by Crippen LogP contribution is 2.30. The predicted molar refractivity (Wildman–Crippen MR) is 96.8 cm³/mol. The van der Waals surface area contributed by atoms with Gasteiger partial charge in [-0.3, -0.25) is 0 Å². The average Bonchev–Trinajstić information content (AvgIpc) is 3.23. The summed E-state index contributed by atoms with van der Waals surface area (Å²) in [5, 5.41) is 4.77. The molecule has 5 heteroatoms. The Morgan fingerprint density at radius 1 is 1.08 bits per heavy atom. The van der Waals surface area contributed by atoms with E-state index in [0.29, 0.717) is 12.3 Å². The lowest BCUT2D eigenvalue weighted by molar-refractivity contribution is 0.0520. The zero-order chi connectivity index (χ0) is 17.2. The molecule has 0 aliphatic carbocycles. The molecule has 0 spiro atoms. The van der Waals surface area contributed by atoms with Gasteiger partial charge in [0.15, 0.2) is 0 Å². The fourth-order valence-electron chi connectivity index (χ4n) is 2.88. The maximum atomic E-state index is 12.1. The molecule has 0 saturated carbocycles. The Bertz CT molecular complexity index is 945. The van der Waals surface area contributed by atoms with Gasteiger partial charge in [0.25, 0.3) is 0 Å². The minimum atomic E-state index is -0.364. The Hall–Kier alpha value is -3.34. The van der Waals surface area contributed by atoms with Crippen LogP contribution in [0.4, 0.5) is 0 Å². The van der Waals surface area contributed by atoms with Crippen LogP contribution in [-0.4, -0.2) is 27.3 Å². The molecule has 0 aliphatic heterocycles. The molecule has 0 amide bonds. The van der Waals surface area contributed by atoms with Gasteiger partial charge in [0.1, 0.15) is 11.4 Å². The molecule has 5 nitrogen and oxygen atoms in total. The lowest BCUT2D eigenvalue weighted by Crippen LogP contribution is -2.05. The average molecular weight is 331 g/mol. The maximum Gasteiger partial charge on any atom is 0.354 e. The second-order valence-electron chi connectivity index (χ2n) is 5.63. The normalized spacial score (nSPS) is 10.9. The van der Waals surface area contributed by atoms with Gasteiger partial charge in [0.05, 0.1) is 23.3 Å². The molecule has 0 radical (unpaired) electrons. The van der Waals surface area contributed by atoms with Crippen LogP contribution >= 0.6 is 0 Å². The van der Waals surface area contributed by atoms with Crippen LogP contribution in [0, 0.1) is 0 Å². The summed E-state index contributed by atoms with van der Waals surface area (Å²) in [4.78, 5) is 15.3. The van der Waals surface area contributed by atoms with Crippen molar-refractivity contribution in [2.75, 3.05) is 6.61 Å². The third kappa shape index (κ3) is 2.70. The first-order valence-electron chi connectivity index (χ1n) is 8.17. The summed E-state index contributed by atoms with van der Waals surface area (Å²) >= 11 is 0. The van der Waals surface area contributed by atoms with Crippen LogP contribution in [0.15, 0.2) is 66.7 Å². The number of hydrogen-bond donors (Lipinski definition) is 1. The van der Waals surface area contributed by atoms with Crippen LogP contribution in [-0.2, 0) is 4.74 Å². The van der Waals surface area contributed by atoms with E-state index < -0.39 is 0 Å². The summed E-state index contributed by atoms with van der Waals surface area (Å²) in [5.41, 5.74) is 4.81. The summed E-state index contributed by atoms with van der Waals surface area (Å²) < 4.78 is 6.96. The number of nitrogens with one attached hydrogen (secondary N) is 1. The summed E-state index contributed by atoms with van der Waals surface area (Å²) in [6.45, 7) is 2.13. The number of fused-ring (bicyclic) bond motifs is 1. The monoisotopic (exact) mass is 331 g/mol. The van der Waals surface area contributed by atoms with Gasteiger partial charge in [0.2, 0.25) is 0 Å². The zero-order valence-electron chi connectivity index (χ0n) is 13.8. The van der Waals surface area contributed by atoms with Crippen LogP contribution in [0.25, 0.3) is 28.0 Å². The van der Waals surface area contributed by atoms with Gasteiger partial charge in [-0.05, 0) is 25.1 Å². The van der Waals surface area contributed by atoms with E-state index in [1.54, 1.807) is 13.0 Å². The first-order valence-corrected chi connectivity index (χ1v) is 8.17. The van der Waals surface area contributed by atoms with E-state index in [2.05, 4.69) is 4.98 Å². The molecule has 0 fully saturated rings. The molecule has 4 aromatic rings. The van der Waals surface area contributed by atoms with E-state index in [-0.39, 0.29) is 5.97 Å². The van der Waals surface area contributed by atoms with Gasteiger partial charge in [0, 0.05) is 5.56 Å². The largest absolute Gasteiger partial charge is 0.461 e. The molecule has 25 heavy (non-hydrogen) atoms. The number of hydrogen-bond acceptors (Lipinski definition) is 3. The molecule has 1 N–H and O–H groups in total. The number of rotatable bonds is 4. The molecule has 2 heterocycles. The number of aromatic amines is 1. The minimum absolute atomic E-state index is 0.338. The Morgan fingerprint density at radius 2 is 1.76 bits per heavy atom. The number of benzene rings is 2. The van der Waals surface area contributed by atoms with Crippen molar-refractivity contribution in [2.45, 2.75) is 6.92 Å². The Kier molecular flexibility index (Phi) is 3.82. The van der Waals surface area contributed by atoms with Crippen molar-refractivity contribution in [3.05, 3.63) is 72.4 Å². The fourth-order valence-corrected chi connectivity index (χ4v) is 2.88. The molecular formula is C20H17N3O2. The summed E-state index contributed by atoms with van der Waals surface area (Å²) in [6.07, 6.45) is 0. The molecule has 0 bridgehead atoms. The molecule has 2 aromatic carbocycles. The molecule has 124 valence electrons.